The second-order valence-electron chi connectivity index (χ2n) is 5.96. The van der Waals surface area contributed by atoms with Crippen LogP contribution in [0.5, 0.6) is 0 Å². The monoisotopic (exact) mass is 368 g/mol. The summed E-state index contributed by atoms with van der Waals surface area (Å²) in [5, 5.41) is 21.3. The molecule has 0 aliphatic heterocycles. The number of benzene rings is 1. The van der Waals surface area contributed by atoms with Gasteiger partial charge in [-0.3, -0.25) is 14.2 Å². The second kappa shape index (κ2) is 6.24. The van der Waals surface area contributed by atoms with Gasteiger partial charge in [0, 0.05) is 6.54 Å². The summed E-state index contributed by atoms with van der Waals surface area (Å²) in [5.74, 6) is -1.37. The average Bonchev–Trinajstić information content (AvgIpc) is 2.98. The van der Waals surface area contributed by atoms with Gasteiger partial charge in [0.1, 0.15) is 12.1 Å². The molecule has 0 saturated heterocycles. The first-order valence-corrected chi connectivity index (χ1v) is 8.04. The Hall–Kier alpha value is -3.69. The van der Waals surface area contributed by atoms with E-state index in [0.717, 1.165) is 0 Å². The van der Waals surface area contributed by atoms with Crippen LogP contribution >= 0.6 is 0 Å². The molecule has 27 heavy (non-hydrogen) atoms. The quantitative estimate of drug-likeness (QED) is 0.579. The molecule has 0 bridgehead atoms. The van der Waals surface area contributed by atoms with Gasteiger partial charge in [-0.25, -0.2) is 9.37 Å². The van der Waals surface area contributed by atoms with E-state index < -0.39 is 11.5 Å². The molecule has 0 spiro atoms. The highest BCUT2D eigenvalue weighted by Crippen LogP contribution is 2.27. The Labute approximate surface area is 150 Å². The summed E-state index contributed by atoms with van der Waals surface area (Å²) >= 11 is 0. The summed E-state index contributed by atoms with van der Waals surface area (Å²) in [7, 11) is 0. The summed E-state index contributed by atoms with van der Waals surface area (Å²) in [4.78, 5) is 27.5. The molecule has 0 aliphatic rings. The average molecular weight is 368 g/mol. The van der Waals surface area contributed by atoms with Crippen molar-refractivity contribution in [1.29, 1.82) is 0 Å². The number of aryl methyl sites for hydroxylation is 2. The Kier molecular flexibility index (Phi) is 3.87. The zero-order chi connectivity index (χ0) is 19.1. The van der Waals surface area contributed by atoms with E-state index in [1.165, 1.54) is 27.5 Å². The number of aromatic nitrogens is 6. The van der Waals surface area contributed by atoms with Crippen LogP contribution in [0.25, 0.3) is 27.9 Å². The van der Waals surface area contributed by atoms with Crippen molar-refractivity contribution < 1.29 is 14.3 Å². The van der Waals surface area contributed by atoms with Gasteiger partial charge in [-0.1, -0.05) is 12.1 Å². The summed E-state index contributed by atoms with van der Waals surface area (Å²) in [6.07, 6.45) is 1.06. The van der Waals surface area contributed by atoms with E-state index in [1.54, 1.807) is 19.1 Å². The molecule has 4 rings (SSSR count). The van der Waals surface area contributed by atoms with Crippen molar-refractivity contribution in [2.24, 2.45) is 0 Å². The van der Waals surface area contributed by atoms with Crippen LogP contribution < -0.4 is 5.56 Å². The maximum atomic E-state index is 13.2. The minimum Gasteiger partial charge on any atom is -0.481 e. The fourth-order valence-electron chi connectivity index (χ4n) is 2.89. The lowest BCUT2D eigenvalue weighted by Crippen LogP contribution is -2.24. The number of nitrogens with zero attached hydrogens (tertiary/aromatic N) is 6. The number of fused-ring (bicyclic) bond motifs is 3. The molecule has 0 unspecified atom stereocenters. The molecule has 0 atom stereocenters. The second-order valence-corrected chi connectivity index (χ2v) is 5.96. The van der Waals surface area contributed by atoms with Gasteiger partial charge in [0.25, 0.3) is 5.56 Å². The van der Waals surface area contributed by atoms with Crippen molar-refractivity contribution in [1.82, 2.24) is 29.4 Å². The fourth-order valence-corrected chi connectivity index (χ4v) is 2.89. The number of halogens is 1. The summed E-state index contributed by atoms with van der Waals surface area (Å²) in [6, 6.07) is 5.91. The smallest absolute Gasteiger partial charge is 0.305 e. The lowest BCUT2D eigenvalue weighted by Gasteiger charge is -2.05. The van der Waals surface area contributed by atoms with E-state index in [0.29, 0.717) is 22.5 Å². The maximum absolute atomic E-state index is 13.2. The SMILES string of the molecule is Cc1nn2c(nnc3c(=O)n(CCC(=O)O)cnc32)c1-c1ccc(F)cc1. The van der Waals surface area contributed by atoms with Crippen molar-refractivity contribution in [2.45, 2.75) is 19.9 Å². The molecule has 9 nitrogen and oxygen atoms in total. The molecule has 1 aromatic carbocycles. The Morgan fingerprint density at radius 3 is 2.63 bits per heavy atom. The molecule has 136 valence electrons. The van der Waals surface area contributed by atoms with Crippen molar-refractivity contribution in [3.8, 4) is 11.1 Å². The number of hydrogen-bond acceptors (Lipinski definition) is 6. The third kappa shape index (κ3) is 2.80. The number of carboxylic acid groups (broad SMARTS) is 1. The van der Waals surface area contributed by atoms with Crippen LogP contribution in [-0.4, -0.2) is 40.4 Å². The van der Waals surface area contributed by atoms with Crippen LogP contribution in [0, 0.1) is 12.7 Å². The van der Waals surface area contributed by atoms with Crippen LogP contribution in [0.2, 0.25) is 0 Å². The van der Waals surface area contributed by atoms with Crippen LogP contribution in [-0.2, 0) is 11.3 Å². The highest BCUT2D eigenvalue weighted by Gasteiger charge is 2.18. The van der Waals surface area contributed by atoms with Gasteiger partial charge in [-0.2, -0.15) is 9.61 Å². The van der Waals surface area contributed by atoms with Crippen molar-refractivity contribution in [3.63, 3.8) is 0 Å². The number of carboxylic acids is 1. The number of aliphatic carboxylic acids is 1. The van der Waals surface area contributed by atoms with Gasteiger partial charge >= 0.3 is 5.97 Å². The van der Waals surface area contributed by atoms with Gasteiger partial charge in [-0.15, -0.1) is 10.2 Å². The van der Waals surface area contributed by atoms with E-state index in [2.05, 4.69) is 20.3 Å². The van der Waals surface area contributed by atoms with Crippen molar-refractivity contribution in [2.75, 3.05) is 0 Å². The van der Waals surface area contributed by atoms with Gasteiger partial charge in [0.15, 0.2) is 16.8 Å². The maximum Gasteiger partial charge on any atom is 0.305 e. The third-order valence-corrected chi connectivity index (χ3v) is 4.18. The minimum atomic E-state index is -1.02. The predicted molar refractivity (Wildman–Crippen MR) is 92.7 cm³/mol. The first kappa shape index (κ1) is 16.8. The van der Waals surface area contributed by atoms with E-state index in [9.17, 15) is 14.0 Å². The van der Waals surface area contributed by atoms with Crippen molar-refractivity contribution >= 4 is 22.8 Å². The number of rotatable bonds is 4. The zero-order valence-corrected chi connectivity index (χ0v) is 14.1. The van der Waals surface area contributed by atoms with Crippen LogP contribution in [0.15, 0.2) is 35.4 Å². The summed E-state index contributed by atoms with van der Waals surface area (Å²) in [6.45, 7) is 1.75. The minimum absolute atomic E-state index is 0.0106. The lowest BCUT2D eigenvalue weighted by molar-refractivity contribution is -0.137. The van der Waals surface area contributed by atoms with E-state index in [1.807, 2.05) is 0 Å². The Morgan fingerprint density at radius 2 is 1.93 bits per heavy atom. The van der Waals surface area contributed by atoms with Gasteiger partial charge < -0.3 is 5.11 Å². The molecule has 0 fully saturated rings. The number of carbonyl (C=O) groups is 1. The third-order valence-electron chi connectivity index (χ3n) is 4.18. The zero-order valence-electron chi connectivity index (χ0n) is 14.1. The number of hydrogen-bond donors (Lipinski definition) is 1. The van der Waals surface area contributed by atoms with Crippen LogP contribution in [0.1, 0.15) is 12.1 Å². The fraction of sp³-hybridized carbons (Fsp3) is 0.176. The van der Waals surface area contributed by atoms with E-state index >= 15 is 0 Å². The van der Waals surface area contributed by atoms with Gasteiger partial charge in [0.2, 0.25) is 0 Å². The summed E-state index contributed by atoms with van der Waals surface area (Å²) in [5.41, 5.74) is 2.11. The van der Waals surface area contributed by atoms with E-state index in [-0.39, 0.29) is 29.9 Å². The first-order chi connectivity index (χ1) is 13.0. The normalized spacial score (nSPS) is 11.3. The van der Waals surface area contributed by atoms with Crippen LogP contribution in [0.3, 0.4) is 0 Å². The summed E-state index contributed by atoms with van der Waals surface area (Å²) < 4.78 is 15.8. The molecular formula is C17H13FN6O3. The molecular weight excluding hydrogens is 355 g/mol. The Morgan fingerprint density at radius 1 is 1.19 bits per heavy atom. The standard InChI is InChI=1S/C17H13FN6O3/c1-9-13(10-2-4-11(18)5-3-10)15-21-20-14-16(24(15)22-9)19-8-23(17(14)27)7-6-12(25)26/h2-5,8H,6-7H2,1H3,(H,25,26). The highest BCUT2D eigenvalue weighted by molar-refractivity contribution is 5.83. The van der Waals surface area contributed by atoms with Gasteiger partial charge in [0.05, 0.1) is 17.7 Å². The first-order valence-electron chi connectivity index (χ1n) is 8.04. The topological polar surface area (TPSA) is 115 Å². The van der Waals surface area contributed by atoms with Crippen molar-refractivity contribution in [3.05, 3.63) is 52.5 Å². The molecule has 3 heterocycles. The largest absolute Gasteiger partial charge is 0.481 e. The molecule has 4 aromatic rings. The lowest BCUT2D eigenvalue weighted by atomic mass is 10.1. The Balaban J connectivity index is 1.91. The molecule has 0 aliphatic carbocycles. The molecule has 0 radical (unpaired) electrons. The molecule has 0 saturated carbocycles. The molecule has 0 amide bonds. The molecule has 1 N–H and O–H groups in total. The predicted octanol–water partition coefficient (Wildman–Crippen LogP) is 1.42. The molecule has 3 aromatic heterocycles. The van der Waals surface area contributed by atoms with Crippen LogP contribution in [0.4, 0.5) is 4.39 Å². The molecule has 10 heteroatoms. The van der Waals surface area contributed by atoms with E-state index in [4.69, 9.17) is 5.11 Å². The Bertz CT molecular complexity index is 1250. The van der Waals surface area contributed by atoms with Gasteiger partial charge in [-0.05, 0) is 24.6 Å². The highest BCUT2D eigenvalue weighted by atomic mass is 19.1.